The molecule has 0 aliphatic carbocycles. The highest BCUT2D eigenvalue weighted by Crippen LogP contribution is 2.11. The first kappa shape index (κ1) is 12.9. The Bertz CT molecular complexity index is 227. The predicted molar refractivity (Wildman–Crippen MR) is 49.7 cm³/mol. The standard InChI is InChI=1S/C8H16N2O4/c1-8(10,7(13)14)4-2-3-5(9)6(11)12/h5H,2-4,9-10H2,1H3,(H,11,12)(H,13,14)/t5-,8-/m0/s1. The molecule has 0 spiro atoms. The second-order valence-electron chi connectivity index (χ2n) is 3.56. The molecule has 0 rings (SSSR count). The first-order valence-electron chi connectivity index (χ1n) is 4.28. The van der Waals surface area contributed by atoms with Crippen LogP contribution < -0.4 is 11.5 Å². The molecule has 0 unspecified atom stereocenters. The van der Waals surface area contributed by atoms with E-state index in [1.807, 2.05) is 0 Å². The monoisotopic (exact) mass is 204 g/mol. The van der Waals surface area contributed by atoms with Crippen LogP contribution in [0.25, 0.3) is 0 Å². The maximum Gasteiger partial charge on any atom is 0.323 e. The van der Waals surface area contributed by atoms with E-state index in [1.54, 1.807) is 0 Å². The van der Waals surface area contributed by atoms with Gasteiger partial charge in [0.15, 0.2) is 0 Å². The molecule has 0 saturated carbocycles. The van der Waals surface area contributed by atoms with E-state index >= 15 is 0 Å². The lowest BCUT2D eigenvalue weighted by molar-refractivity contribution is -0.142. The molecule has 14 heavy (non-hydrogen) atoms. The van der Waals surface area contributed by atoms with Crippen LogP contribution in [0.5, 0.6) is 0 Å². The SMILES string of the molecule is C[C@](N)(CCC[C@H](N)C(=O)O)C(=O)O. The summed E-state index contributed by atoms with van der Waals surface area (Å²) < 4.78 is 0. The first-order valence-corrected chi connectivity index (χ1v) is 4.28. The van der Waals surface area contributed by atoms with Gasteiger partial charge in [0, 0.05) is 0 Å². The van der Waals surface area contributed by atoms with Crippen molar-refractivity contribution in [3.05, 3.63) is 0 Å². The maximum atomic E-state index is 10.6. The van der Waals surface area contributed by atoms with Gasteiger partial charge in [0.05, 0.1) is 0 Å². The van der Waals surface area contributed by atoms with E-state index in [0.29, 0.717) is 6.42 Å². The van der Waals surface area contributed by atoms with Gasteiger partial charge in [-0.2, -0.15) is 0 Å². The lowest BCUT2D eigenvalue weighted by Crippen LogP contribution is -2.45. The zero-order valence-electron chi connectivity index (χ0n) is 8.06. The number of carboxylic acids is 2. The second-order valence-corrected chi connectivity index (χ2v) is 3.56. The Morgan fingerprint density at radius 2 is 1.93 bits per heavy atom. The molecule has 6 heteroatoms. The molecule has 82 valence electrons. The van der Waals surface area contributed by atoms with Crippen LogP contribution in [0.4, 0.5) is 0 Å². The fraction of sp³-hybridized carbons (Fsp3) is 0.750. The average molecular weight is 204 g/mol. The fourth-order valence-electron chi connectivity index (χ4n) is 0.920. The molecule has 0 aliphatic heterocycles. The summed E-state index contributed by atoms with van der Waals surface area (Å²) in [5, 5.41) is 17.1. The Morgan fingerprint density at radius 1 is 1.43 bits per heavy atom. The normalized spacial score (nSPS) is 17.1. The molecule has 0 bridgehead atoms. The van der Waals surface area contributed by atoms with Crippen LogP contribution >= 0.6 is 0 Å². The molecule has 0 aromatic heterocycles. The molecule has 6 nitrogen and oxygen atoms in total. The third-order valence-corrected chi connectivity index (χ3v) is 2.02. The van der Waals surface area contributed by atoms with Gasteiger partial charge in [-0.1, -0.05) is 0 Å². The third kappa shape index (κ3) is 4.20. The summed E-state index contributed by atoms with van der Waals surface area (Å²) in [4.78, 5) is 20.9. The fourth-order valence-corrected chi connectivity index (χ4v) is 0.920. The maximum absolute atomic E-state index is 10.6. The molecule has 0 aromatic rings. The summed E-state index contributed by atoms with van der Waals surface area (Å²) >= 11 is 0. The van der Waals surface area contributed by atoms with Crippen molar-refractivity contribution in [1.29, 1.82) is 0 Å². The minimum Gasteiger partial charge on any atom is -0.480 e. The minimum absolute atomic E-state index is 0.212. The van der Waals surface area contributed by atoms with E-state index in [1.165, 1.54) is 6.92 Å². The lowest BCUT2D eigenvalue weighted by atomic mass is 9.95. The third-order valence-electron chi connectivity index (χ3n) is 2.02. The Labute approximate surface area is 81.9 Å². The van der Waals surface area contributed by atoms with Gasteiger partial charge < -0.3 is 21.7 Å². The van der Waals surface area contributed by atoms with E-state index in [9.17, 15) is 9.59 Å². The molecule has 0 aromatic carbocycles. The summed E-state index contributed by atoms with van der Waals surface area (Å²) in [6.07, 6.45) is 0.825. The molecular weight excluding hydrogens is 188 g/mol. The smallest absolute Gasteiger partial charge is 0.323 e. The van der Waals surface area contributed by atoms with Crippen LogP contribution in [0.1, 0.15) is 26.2 Å². The van der Waals surface area contributed by atoms with E-state index in [4.69, 9.17) is 21.7 Å². The number of carbonyl (C=O) groups is 2. The lowest BCUT2D eigenvalue weighted by Gasteiger charge is -2.19. The molecule has 0 aliphatic rings. The van der Waals surface area contributed by atoms with Gasteiger partial charge in [-0.05, 0) is 26.2 Å². The molecule has 0 fully saturated rings. The topological polar surface area (TPSA) is 127 Å². The predicted octanol–water partition coefficient (Wildman–Crippen LogP) is -0.629. The summed E-state index contributed by atoms with van der Waals surface area (Å²) in [6, 6.07) is -0.945. The van der Waals surface area contributed by atoms with Crippen molar-refractivity contribution in [3.63, 3.8) is 0 Å². The Balaban J connectivity index is 3.85. The molecule has 0 saturated heterocycles. The molecule has 2 atom stereocenters. The van der Waals surface area contributed by atoms with E-state index in [-0.39, 0.29) is 12.8 Å². The zero-order valence-corrected chi connectivity index (χ0v) is 8.06. The van der Waals surface area contributed by atoms with Crippen molar-refractivity contribution in [2.45, 2.75) is 37.8 Å². The Kier molecular flexibility index (Phi) is 4.52. The zero-order chi connectivity index (χ0) is 11.4. The van der Waals surface area contributed by atoms with Gasteiger partial charge in [0.2, 0.25) is 0 Å². The number of rotatable bonds is 6. The van der Waals surface area contributed by atoms with Crippen molar-refractivity contribution < 1.29 is 19.8 Å². The molecule has 6 N–H and O–H groups in total. The largest absolute Gasteiger partial charge is 0.480 e. The summed E-state index contributed by atoms with van der Waals surface area (Å²) in [5.41, 5.74) is 9.36. The number of hydrogen-bond donors (Lipinski definition) is 4. The second kappa shape index (κ2) is 4.92. The van der Waals surface area contributed by atoms with Gasteiger partial charge in [0.25, 0.3) is 0 Å². The van der Waals surface area contributed by atoms with E-state index in [0.717, 1.165) is 0 Å². The number of aliphatic carboxylic acids is 2. The highest BCUT2D eigenvalue weighted by atomic mass is 16.4. The van der Waals surface area contributed by atoms with Gasteiger partial charge in [0.1, 0.15) is 11.6 Å². The molecule has 0 amide bonds. The quantitative estimate of drug-likeness (QED) is 0.456. The number of hydrogen-bond acceptors (Lipinski definition) is 4. The highest BCUT2D eigenvalue weighted by molar-refractivity contribution is 5.77. The van der Waals surface area contributed by atoms with Crippen LogP contribution in [-0.4, -0.2) is 33.7 Å². The first-order chi connectivity index (χ1) is 6.27. The molecule has 0 radical (unpaired) electrons. The summed E-state index contributed by atoms with van der Waals surface area (Å²) in [5.74, 6) is -2.18. The van der Waals surface area contributed by atoms with Crippen molar-refractivity contribution in [2.24, 2.45) is 11.5 Å². The van der Waals surface area contributed by atoms with Crippen molar-refractivity contribution >= 4 is 11.9 Å². The number of carboxylic acid groups (broad SMARTS) is 2. The van der Waals surface area contributed by atoms with E-state index < -0.39 is 23.5 Å². The van der Waals surface area contributed by atoms with Gasteiger partial charge >= 0.3 is 11.9 Å². The van der Waals surface area contributed by atoms with Gasteiger partial charge in [-0.3, -0.25) is 9.59 Å². The van der Waals surface area contributed by atoms with Crippen molar-refractivity contribution in [2.75, 3.05) is 0 Å². The van der Waals surface area contributed by atoms with Crippen LogP contribution in [0.2, 0.25) is 0 Å². The van der Waals surface area contributed by atoms with E-state index in [2.05, 4.69) is 0 Å². The van der Waals surface area contributed by atoms with Crippen LogP contribution in [0.3, 0.4) is 0 Å². The van der Waals surface area contributed by atoms with Crippen molar-refractivity contribution in [1.82, 2.24) is 0 Å². The summed E-state index contributed by atoms with van der Waals surface area (Å²) in [6.45, 7) is 1.39. The number of nitrogens with two attached hydrogens (primary N) is 2. The van der Waals surface area contributed by atoms with Crippen LogP contribution in [-0.2, 0) is 9.59 Å². The highest BCUT2D eigenvalue weighted by Gasteiger charge is 2.27. The van der Waals surface area contributed by atoms with Crippen LogP contribution in [0, 0.1) is 0 Å². The minimum atomic E-state index is -1.31. The Morgan fingerprint density at radius 3 is 2.29 bits per heavy atom. The summed E-state index contributed by atoms with van der Waals surface area (Å²) in [7, 11) is 0. The van der Waals surface area contributed by atoms with Gasteiger partial charge in [-0.15, -0.1) is 0 Å². The molecular formula is C8H16N2O4. The molecule has 0 heterocycles. The van der Waals surface area contributed by atoms with Gasteiger partial charge in [-0.25, -0.2) is 0 Å². The van der Waals surface area contributed by atoms with Crippen LogP contribution in [0.15, 0.2) is 0 Å². The average Bonchev–Trinajstić information content (AvgIpc) is 2.03. The Hall–Kier alpha value is -1.14. The van der Waals surface area contributed by atoms with Crippen molar-refractivity contribution in [3.8, 4) is 0 Å².